The molecule has 222 valence electrons. The second-order valence-corrected chi connectivity index (χ2v) is 13.2. The molecule has 3 fully saturated rings. The Morgan fingerprint density at radius 2 is 1.70 bits per heavy atom. The van der Waals surface area contributed by atoms with E-state index in [1.807, 2.05) is 32.6 Å². The third-order valence-electron chi connectivity index (χ3n) is 8.86. The largest absolute Gasteiger partial charge is 0.351 e. The summed E-state index contributed by atoms with van der Waals surface area (Å²) in [6.45, 7) is 10.3. The van der Waals surface area contributed by atoms with Crippen molar-refractivity contribution in [3.05, 3.63) is 35.6 Å². The van der Waals surface area contributed by atoms with Crippen molar-refractivity contribution in [1.82, 2.24) is 26.2 Å². The number of nitrogens with one attached hydrogen (secondary N) is 4. The number of benzene rings is 1. The molecule has 2 unspecified atom stereocenters. The Kier molecular flexibility index (Phi) is 9.88. The van der Waals surface area contributed by atoms with Crippen LogP contribution in [0.3, 0.4) is 0 Å². The molecule has 3 amide bonds. The highest BCUT2D eigenvalue weighted by Gasteiger charge is 2.49. The second kappa shape index (κ2) is 13.0. The van der Waals surface area contributed by atoms with Gasteiger partial charge in [0, 0.05) is 44.2 Å². The van der Waals surface area contributed by atoms with Crippen LogP contribution in [-0.2, 0) is 20.8 Å². The number of carbonyl (C=O) groups is 3. The fourth-order valence-corrected chi connectivity index (χ4v) is 6.69. The number of piperazine rings is 1. The molecular weight excluding hydrogens is 509 g/mol. The summed E-state index contributed by atoms with van der Waals surface area (Å²) in [6, 6.07) is 5.00. The molecule has 4 rings (SSSR count). The van der Waals surface area contributed by atoms with Gasteiger partial charge >= 0.3 is 0 Å². The molecule has 0 spiro atoms. The SMILES string of the molecule is CC1CNCC(C(=O)N[C@H](Cc2ccc(F)cc2)C(=O)N2CCC(C(=O)NC(C)(C)C)(C3CCCCC3)CC2)N1. The number of amides is 3. The third kappa shape index (κ3) is 7.60. The number of piperidine rings is 1. The summed E-state index contributed by atoms with van der Waals surface area (Å²) in [5, 5.41) is 12.8. The molecule has 40 heavy (non-hydrogen) atoms. The lowest BCUT2D eigenvalue weighted by Crippen LogP contribution is -2.63. The lowest BCUT2D eigenvalue weighted by atomic mass is 9.63. The average Bonchev–Trinajstić information content (AvgIpc) is 2.93. The number of carbonyl (C=O) groups excluding carboxylic acids is 3. The lowest BCUT2D eigenvalue weighted by Gasteiger charge is -2.48. The van der Waals surface area contributed by atoms with Crippen molar-refractivity contribution in [2.24, 2.45) is 11.3 Å². The van der Waals surface area contributed by atoms with Crippen LogP contribution in [-0.4, -0.2) is 72.5 Å². The van der Waals surface area contributed by atoms with Crippen LogP contribution in [0.5, 0.6) is 0 Å². The van der Waals surface area contributed by atoms with Gasteiger partial charge in [0.05, 0.1) is 11.5 Å². The predicted molar refractivity (Wildman–Crippen MR) is 154 cm³/mol. The van der Waals surface area contributed by atoms with Gasteiger partial charge in [-0.2, -0.15) is 0 Å². The van der Waals surface area contributed by atoms with Gasteiger partial charge in [-0.3, -0.25) is 14.4 Å². The first-order valence-electron chi connectivity index (χ1n) is 15.1. The van der Waals surface area contributed by atoms with Gasteiger partial charge in [-0.25, -0.2) is 4.39 Å². The number of halogens is 1. The van der Waals surface area contributed by atoms with Crippen LogP contribution in [0, 0.1) is 17.2 Å². The molecule has 2 heterocycles. The standard InChI is InChI=1S/C31H48FN5O3/c1-21-19-33-20-26(34-21)27(38)35-25(18-22-10-12-24(32)13-11-22)28(39)37-16-14-31(15-17-37,23-8-6-5-7-9-23)29(40)36-30(2,3)4/h10-13,21,23,25-26,33-34H,5-9,14-20H2,1-4H3,(H,35,38)(H,36,40)/t21?,25-,26?/m1/s1. The molecule has 2 aliphatic heterocycles. The topological polar surface area (TPSA) is 103 Å². The molecule has 8 nitrogen and oxygen atoms in total. The quantitative estimate of drug-likeness (QED) is 0.413. The zero-order valence-electron chi connectivity index (χ0n) is 24.7. The van der Waals surface area contributed by atoms with E-state index >= 15 is 0 Å². The Hall–Kier alpha value is -2.52. The summed E-state index contributed by atoms with van der Waals surface area (Å²) in [5.74, 6) is -0.283. The molecule has 2 saturated heterocycles. The van der Waals surface area contributed by atoms with Crippen LogP contribution in [0.25, 0.3) is 0 Å². The Morgan fingerprint density at radius 3 is 2.30 bits per heavy atom. The summed E-state index contributed by atoms with van der Waals surface area (Å²) < 4.78 is 13.6. The summed E-state index contributed by atoms with van der Waals surface area (Å²) in [5.41, 5.74) is -0.0229. The van der Waals surface area contributed by atoms with Crippen LogP contribution < -0.4 is 21.3 Å². The van der Waals surface area contributed by atoms with E-state index in [9.17, 15) is 18.8 Å². The molecule has 3 atom stereocenters. The molecular formula is C31H48FN5O3. The minimum atomic E-state index is -0.775. The highest BCUT2D eigenvalue weighted by molar-refractivity contribution is 5.90. The summed E-state index contributed by atoms with van der Waals surface area (Å²) in [6.07, 6.45) is 7.12. The Morgan fingerprint density at radius 1 is 1.05 bits per heavy atom. The van der Waals surface area contributed by atoms with Crippen LogP contribution in [0.4, 0.5) is 4.39 Å². The van der Waals surface area contributed by atoms with Crippen LogP contribution >= 0.6 is 0 Å². The van der Waals surface area contributed by atoms with Crippen molar-refractivity contribution in [3.63, 3.8) is 0 Å². The molecule has 0 bridgehead atoms. The van der Waals surface area contributed by atoms with Gasteiger partial charge in [-0.1, -0.05) is 31.4 Å². The lowest BCUT2D eigenvalue weighted by molar-refractivity contribution is -0.147. The van der Waals surface area contributed by atoms with Crippen molar-refractivity contribution in [2.75, 3.05) is 26.2 Å². The first-order valence-corrected chi connectivity index (χ1v) is 15.1. The van der Waals surface area contributed by atoms with Gasteiger partial charge in [0.15, 0.2) is 0 Å². The number of rotatable bonds is 7. The second-order valence-electron chi connectivity index (χ2n) is 13.2. The highest BCUT2D eigenvalue weighted by Crippen LogP contribution is 2.46. The smallest absolute Gasteiger partial charge is 0.245 e. The highest BCUT2D eigenvalue weighted by atomic mass is 19.1. The van der Waals surface area contributed by atoms with Gasteiger partial charge < -0.3 is 26.2 Å². The van der Waals surface area contributed by atoms with Crippen molar-refractivity contribution >= 4 is 17.7 Å². The van der Waals surface area contributed by atoms with E-state index in [1.54, 1.807) is 12.1 Å². The van der Waals surface area contributed by atoms with E-state index in [-0.39, 0.29) is 41.5 Å². The molecule has 1 saturated carbocycles. The van der Waals surface area contributed by atoms with E-state index in [0.29, 0.717) is 38.4 Å². The minimum absolute atomic E-state index is 0.111. The fraction of sp³-hybridized carbons (Fsp3) is 0.710. The molecule has 4 N–H and O–H groups in total. The maximum Gasteiger partial charge on any atom is 0.245 e. The summed E-state index contributed by atoms with van der Waals surface area (Å²) in [7, 11) is 0. The molecule has 0 aromatic heterocycles. The predicted octanol–water partition coefficient (Wildman–Crippen LogP) is 2.91. The molecule has 9 heteroatoms. The maximum atomic E-state index is 13.9. The first kappa shape index (κ1) is 30.4. The number of hydrogen-bond donors (Lipinski definition) is 4. The zero-order chi connectivity index (χ0) is 28.9. The maximum absolute atomic E-state index is 13.9. The fourth-order valence-electron chi connectivity index (χ4n) is 6.69. The summed E-state index contributed by atoms with van der Waals surface area (Å²) >= 11 is 0. The number of likely N-dealkylation sites (tertiary alicyclic amines) is 1. The molecule has 3 aliphatic rings. The normalized spacial score (nSPS) is 24.7. The van der Waals surface area contributed by atoms with Crippen molar-refractivity contribution in [3.8, 4) is 0 Å². The van der Waals surface area contributed by atoms with Crippen molar-refractivity contribution in [1.29, 1.82) is 0 Å². The van der Waals surface area contributed by atoms with Gasteiger partial charge in [0.1, 0.15) is 11.9 Å². The number of nitrogens with zero attached hydrogens (tertiary/aromatic N) is 1. The van der Waals surface area contributed by atoms with Crippen molar-refractivity contribution in [2.45, 2.75) is 103 Å². The molecule has 1 aromatic carbocycles. The van der Waals surface area contributed by atoms with E-state index in [4.69, 9.17) is 0 Å². The molecule has 0 radical (unpaired) electrons. The zero-order valence-corrected chi connectivity index (χ0v) is 24.7. The van der Waals surface area contributed by atoms with Gasteiger partial charge in [0.25, 0.3) is 0 Å². The number of hydrogen-bond acceptors (Lipinski definition) is 5. The Balaban J connectivity index is 1.50. The van der Waals surface area contributed by atoms with E-state index in [2.05, 4.69) is 21.3 Å². The van der Waals surface area contributed by atoms with Gasteiger partial charge in [-0.15, -0.1) is 0 Å². The third-order valence-corrected chi connectivity index (χ3v) is 8.86. The minimum Gasteiger partial charge on any atom is -0.351 e. The van der Waals surface area contributed by atoms with Crippen LogP contribution in [0.15, 0.2) is 24.3 Å². The van der Waals surface area contributed by atoms with E-state index < -0.39 is 17.5 Å². The van der Waals surface area contributed by atoms with Gasteiger partial charge in [-0.05, 0) is 77.0 Å². The molecule has 1 aromatic rings. The Labute approximate surface area is 238 Å². The van der Waals surface area contributed by atoms with Gasteiger partial charge in [0.2, 0.25) is 17.7 Å². The first-order chi connectivity index (χ1) is 19.0. The van der Waals surface area contributed by atoms with Crippen LogP contribution in [0.2, 0.25) is 0 Å². The average molecular weight is 558 g/mol. The molecule has 1 aliphatic carbocycles. The van der Waals surface area contributed by atoms with Crippen molar-refractivity contribution < 1.29 is 18.8 Å². The Bertz CT molecular complexity index is 1030. The van der Waals surface area contributed by atoms with E-state index in [1.165, 1.54) is 18.6 Å². The van der Waals surface area contributed by atoms with Crippen LogP contribution in [0.1, 0.15) is 78.2 Å². The monoisotopic (exact) mass is 557 g/mol. The summed E-state index contributed by atoms with van der Waals surface area (Å²) in [4.78, 5) is 42.7. The van der Waals surface area contributed by atoms with E-state index in [0.717, 1.165) is 37.8 Å².